The minimum atomic E-state index is -1.35. The second-order valence-corrected chi connectivity index (χ2v) is 5.64. The lowest BCUT2D eigenvalue weighted by molar-refractivity contribution is -0.143. The fourth-order valence-corrected chi connectivity index (χ4v) is 3.01. The van der Waals surface area contributed by atoms with Gasteiger partial charge in [-0.1, -0.05) is 24.3 Å². The SMILES string of the molecule is CC1(C)Cc2ccccc2C2=C(C(=O)O)C(=O)C(=O)N21. The van der Waals surface area contributed by atoms with Crippen LogP contribution in [-0.2, 0) is 20.8 Å². The summed E-state index contributed by atoms with van der Waals surface area (Å²) in [4.78, 5) is 36.8. The van der Waals surface area contributed by atoms with Crippen molar-refractivity contribution < 1.29 is 19.5 Å². The topological polar surface area (TPSA) is 74.7 Å². The van der Waals surface area contributed by atoms with Crippen LogP contribution in [0.15, 0.2) is 29.8 Å². The zero-order chi connectivity index (χ0) is 14.7. The Morgan fingerprint density at radius 3 is 2.55 bits per heavy atom. The van der Waals surface area contributed by atoms with Crippen LogP contribution in [0.3, 0.4) is 0 Å². The predicted octanol–water partition coefficient (Wildman–Crippen LogP) is 1.23. The third kappa shape index (κ3) is 1.46. The smallest absolute Gasteiger partial charge is 0.342 e. The Morgan fingerprint density at radius 2 is 1.90 bits per heavy atom. The Bertz CT molecular complexity index is 700. The van der Waals surface area contributed by atoms with Crippen molar-refractivity contribution in [2.24, 2.45) is 0 Å². The number of aliphatic carboxylic acids is 1. The van der Waals surface area contributed by atoms with Gasteiger partial charge in [0.1, 0.15) is 5.57 Å². The first-order valence-corrected chi connectivity index (χ1v) is 6.29. The molecule has 5 heteroatoms. The van der Waals surface area contributed by atoms with Gasteiger partial charge in [0.25, 0.3) is 11.7 Å². The van der Waals surface area contributed by atoms with Crippen LogP contribution in [0.25, 0.3) is 5.70 Å². The van der Waals surface area contributed by atoms with Gasteiger partial charge in [-0.25, -0.2) is 4.79 Å². The number of hydrogen-bond acceptors (Lipinski definition) is 3. The molecule has 102 valence electrons. The molecule has 0 radical (unpaired) electrons. The molecule has 3 rings (SSSR count). The van der Waals surface area contributed by atoms with Crippen molar-refractivity contribution in [3.63, 3.8) is 0 Å². The quantitative estimate of drug-likeness (QED) is 0.615. The van der Waals surface area contributed by atoms with E-state index >= 15 is 0 Å². The van der Waals surface area contributed by atoms with Gasteiger partial charge in [0.15, 0.2) is 0 Å². The van der Waals surface area contributed by atoms with Gasteiger partial charge in [0, 0.05) is 11.1 Å². The van der Waals surface area contributed by atoms with Crippen molar-refractivity contribution in [1.29, 1.82) is 0 Å². The van der Waals surface area contributed by atoms with Crippen molar-refractivity contribution in [3.05, 3.63) is 41.0 Å². The molecule has 5 nitrogen and oxygen atoms in total. The Labute approximate surface area is 115 Å². The monoisotopic (exact) mass is 271 g/mol. The number of carboxylic acids is 1. The molecule has 0 unspecified atom stereocenters. The van der Waals surface area contributed by atoms with E-state index in [1.165, 1.54) is 4.90 Å². The molecule has 2 heterocycles. The van der Waals surface area contributed by atoms with Gasteiger partial charge >= 0.3 is 5.97 Å². The molecule has 1 aromatic carbocycles. The third-order valence-corrected chi connectivity index (χ3v) is 3.80. The van der Waals surface area contributed by atoms with Crippen LogP contribution in [0.1, 0.15) is 25.0 Å². The molecular formula is C15H13NO4. The van der Waals surface area contributed by atoms with Gasteiger partial charge in [-0.15, -0.1) is 0 Å². The van der Waals surface area contributed by atoms with Crippen LogP contribution in [0.5, 0.6) is 0 Å². The number of fused-ring (bicyclic) bond motifs is 3. The molecule has 0 bridgehead atoms. The third-order valence-electron chi connectivity index (χ3n) is 3.80. The number of benzene rings is 1. The molecule has 20 heavy (non-hydrogen) atoms. The molecule has 2 aliphatic heterocycles. The van der Waals surface area contributed by atoms with E-state index in [-0.39, 0.29) is 5.70 Å². The average Bonchev–Trinajstić information content (AvgIpc) is 2.63. The summed E-state index contributed by atoms with van der Waals surface area (Å²) in [6.45, 7) is 3.66. The zero-order valence-corrected chi connectivity index (χ0v) is 11.1. The summed E-state index contributed by atoms with van der Waals surface area (Å²) in [6, 6.07) is 7.29. The molecule has 0 saturated carbocycles. The van der Waals surface area contributed by atoms with Gasteiger partial charge in [-0.2, -0.15) is 0 Å². The van der Waals surface area contributed by atoms with E-state index in [4.69, 9.17) is 0 Å². The van der Waals surface area contributed by atoms with Crippen molar-refractivity contribution in [2.75, 3.05) is 0 Å². The van der Waals surface area contributed by atoms with Crippen LogP contribution < -0.4 is 0 Å². The Balaban J connectivity index is 2.38. The number of nitrogens with zero attached hydrogens (tertiary/aromatic N) is 1. The molecule has 0 atom stereocenters. The number of ketones is 1. The van der Waals surface area contributed by atoms with Crippen molar-refractivity contribution in [2.45, 2.75) is 25.8 Å². The van der Waals surface area contributed by atoms with E-state index in [0.717, 1.165) is 5.56 Å². The summed E-state index contributed by atoms with van der Waals surface area (Å²) in [6.07, 6.45) is 0.582. The Hall–Kier alpha value is -2.43. The second kappa shape index (κ2) is 3.79. The molecule has 0 fully saturated rings. The molecule has 2 aliphatic rings. The summed E-state index contributed by atoms with van der Waals surface area (Å²) in [7, 11) is 0. The fourth-order valence-electron chi connectivity index (χ4n) is 3.01. The van der Waals surface area contributed by atoms with E-state index in [0.29, 0.717) is 12.0 Å². The van der Waals surface area contributed by atoms with Crippen LogP contribution in [0.4, 0.5) is 0 Å². The van der Waals surface area contributed by atoms with E-state index in [1.54, 1.807) is 12.1 Å². The Morgan fingerprint density at radius 1 is 1.25 bits per heavy atom. The second-order valence-electron chi connectivity index (χ2n) is 5.64. The summed E-state index contributed by atoms with van der Waals surface area (Å²) < 4.78 is 0. The molecule has 1 amide bonds. The summed E-state index contributed by atoms with van der Waals surface area (Å²) in [5.74, 6) is -3.04. The van der Waals surface area contributed by atoms with Crippen LogP contribution in [-0.4, -0.2) is 33.2 Å². The number of Topliss-reactive ketones (excluding diaryl/α,β-unsaturated/α-hetero) is 1. The first-order chi connectivity index (χ1) is 9.34. The van der Waals surface area contributed by atoms with Crippen LogP contribution in [0.2, 0.25) is 0 Å². The van der Waals surface area contributed by atoms with Gasteiger partial charge in [-0.05, 0) is 25.8 Å². The maximum Gasteiger partial charge on any atom is 0.342 e. The van der Waals surface area contributed by atoms with Crippen molar-refractivity contribution >= 4 is 23.4 Å². The normalized spacial score (nSPS) is 20.0. The predicted molar refractivity (Wildman–Crippen MR) is 70.6 cm³/mol. The molecule has 0 aromatic heterocycles. The van der Waals surface area contributed by atoms with Gasteiger partial charge in [0.2, 0.25) is 0 Å². The molecule has 1 aromatic rings. The van der Waals surface area contributed by atoms with Gasteiger partial charge < -0.3 is 5.11 Å². The average molecular weight is 271 g/mol. The van der Waals surface area contributed by atoms with Crippen molar-refractivity contribution in [1.82, 2.24) is 4.90 Å². The lowest BCUT2D eigenvalue weighted by Gasteiger charge is -2.41. The molecular weight excluding hydrogens is 258 g/mol. The number of carbonyl (C=O) groups excluding carboxylic acids is 2. The highest BCUT2D eigenvalue weighted by Gasteiger charge is 2.51. The molecule has 0 aliphatic carbocycles. The molecule has 0 saturated heterocycles. The Kier molecular flexibility index (Phi) is 2.38. The van der Waals surface area contributed by atoms with Crippen LogP contribution >= 0.6 is 0 Å². The maximum absolute atomic E-state index is 12.2. The highest BCUT2D eigenvalue weighted by Crippen LogP contribution is 2.43. The van der Waals surface area contributed by atoms with E-state index in [9.17, 15) is 19.5 Å². The zero-order valence-electron chi connectivity index (χ0n) is 11.1. The highest BCUT2D eigenvalue weighted by molar-refractivity contribution is 6.54. The molecule has 0 spiro atoms. The summed E-state index contributed by atoms with van der Waals surface area (Å²) in [5, 5.41) is 9.28. The maximum atomic E-state index is 12.2. The minimum absolute atomic E-state index is 0.236. The van der Waals surface area contributed by atoms with Gasteiger partial charge in [-0.3, -0.25) is 14.5 Å². The highest BCUT2D eigenvalue weighted by atomic mass is 16.4. The van der Waals surface area contributed by atoms with Crippen molar-refractivity contribution in [3.8, 4) is 0 Å². The van der Waals surface area contributed by atoms with Gasteiger partial charge in [0.05, 0.1) is 5.70 Å². The largest absolute Gasteiger partial charge is 0.477 e. The number of amides is 1. The fraction of sp³-hybridized carbons (Fsp3) is 0.267. The minimum Gasteiger partial charge on any atom is -0.477 e. The van der Waals surface area contributed by atoms with Crippen LogP contribution in [0, 0.1) is 0 Å². The lowest BCUT2D eigenvalue weighted by atomic mass is 9.84. The van der Waals surface area contributed by atoms with E-state index in [1.807, 2.05) is 26.0 Å². The number of carbonyl (C=O) groups is 3. The first kappa shape index (κ1) is 12.6. The van der Waals surface area contributed by atoms with E-state index < -0.39 is 28.8 Å². The summed E-state index contributed by atoms with van der Waals surface area (Å²) in [5.41, 5.74) is 0.802. The number of carboxylic acid groups (broad SMARTS) is 1. The first-order valence-electron chi connectivity index (χ1n) is 6.29. The van der Waals surface area contributed by atoms with E-state index in [2.05, 4.69) is 0 Å². The molecule has 1 N–H and O–H groups in total. The summed E-state index contributed by atoms with van der Waals surface area (Å²) >= 11 is 0. The number of hydrogen-bond donors (Lipinski definition) is 1. The standard InChI is InChI=1S/C15H13NO4/c1-15(2)7-8-5-3-4-6-9(8)11-10(14(19)20)12(17)13(18)16(11)15/h3-6H,7H2,1-2H3,(H,19,20). The number of rotatable bonds is 1. The lowest BCUT2D eigenvalue weighted by Crippen LogP contribution is -2.49.